The second-order valence-electron chi connectivity index (χ2n) is 5.71. The number of benzene rings is 1. The zero-order chi connectivity index (χ0) is 16.6. The Morgan fingerprint density at radius 1 is 1.43 bits per heavy atom. The lowest BCUT2D eigenvalue weighted by molar-refractivity contribution is 0.473. The molecule has 0 saturated heterocycles. The minimum Gasteiger partial charge on any atom is -0.508 e. The molecule has 23 heavy (non-hydrogen) atoms. The summed E-state index contributed by atoms with van der Waals surface area (Å²) in [6.07, 6.45) is 4.40. The quantitative estimate of drug-likeness (QED) is 0.847. The van der Waals surface area contributed by atoms with Crippen LogP contribution in [-0.4, -0.2) is 23.1 Å². The molecule has 0 atom stereocenters. The molecule has 6 nitrogen and oxygen atoms in total. The molecule has 3 rings (SSSR count). The van der Waals surface area contributed by atoms with E-state index in [-0.39, 0.29) is 16.5 Å². The van der Waals surface area contributed by atoms with E-state index in [0.29, 0.717) is 18.2 Å². The molecule has 0 bridgehead atoms. The van der Waals surface area contributed by atoms with Crippen LogP contribution in [0.4, 0.5) is 10.1 Å². The first-order chi connectivity index (χ1) is 10.9. The number of nitrogens with one attached hydrogen (secondary N) is 1. The van der Waals surface area contributed by atoms with Gasteiger partial charge in [0.05, 0.1) is 5.69 Å². The van der Waals surface area contributed by atoms with Gasteiger partial charge in [-0.2, -0.15) is 8.42 Å². The van der Waals surface area contributed by atoms with Crippen molar-refractivity contribution >= 4 is 15.7 Å². The third-order valence-corrected chi connectivity index (χ3v) is 5.01. The maximum absolute atomic E-state index is 13.7. The molecule has 8 heteroatoms. The first kappa shape index (κ1) is 15.8. The lowest BCUT2D eigenvalue weighted by Gasteiger charge is -2.07. The minimum absolute atomic E-state index is 0.141. The van der Waals surface area contributed by atoms with Gasteiger partial charge in [-0.15, -0.1) is 0 Å². The Balaban J connectivity index is 1.89. The van der Waals surface area contributed by atoms with Crippen molar-refractivity contribution in [2.24, 2.45) is 5.92 Å². The summed E-state index contributed by atoms with van der Waals surface area (Å²) in [4.78, 5) is 4.16. The fourth-order valence-corrected chi connectivity index (χ4v) is 3.41. The normalized spacial score (nSPS) is 14.9. The summed E-state index contributed by atoms with van der Waals surface area (Å²) in [6, 6.07) is 3.16. The van der Waals surface area contributed by atoms with Crippen molar-refractivity contribution in [3.8, 4) is 5.75 Å². The molecule has 1 aromatic heterocycles. The fraction of sp³-hybridized carbons (Fsp3) is 0.400. The van der Waals surface area contributed by atoms with Gasteiger partial charge < -0.3 is 9.67 Å². The predicted molar refractivity (Wildman–Crippen MR) is 83.2 cm³/mol. The number of hydrogen-bond acceptors (Lipinski definition) is 4. The van der Waals surface area contributed by atoms with E-state index in [9.17, 15) is 17.9 Å². The average Bonchev–Trinajstić information content (AvgIpc) is 3.20. The number of hydrogen-bond donors (Lipinski definition) is 2. The summed E-state index contributed by atoms with van der Waals surface area (Å²) in [5.41, 5.74) is -0.306. The Morgan fingerprint density at radius 2 is 2.17 bits per heavy atom. The van der Waals surface area contributed by atoms with Gasteiger partial charge in [0.1, 0.15) is 17.4 Å². The number of aromatic nitrogens is 2. The minimum atomic E-state index is -4.01. The lowest BCUT2D eigenvalue weighted by atomic mass is 10.3. The van der Waals surface area contributed by atoms with Crippen LogP contribution in [0.1, 0.15) is 25.6 Å². The Morgan fingerprint density at radius 3 is 2.83 bits per heavy atom. The molecule has 0 unspecified atom stereocenters. The third-order valence-electron chi connectivity index (χ3n) is 3.77. The molecule has 1 aromatic carbocycles. The van der Waals surface area contributed by atoms with Gasteiger partial charge >= 0.3 is 0 Å². The summed E-state index contributed by atoms with van der Waals surface area (Å²) in [5.74, 6) is 0.285. The molecular formula is C15H18FN3O3S. The molecule has 2 N–H and O–H groups in total. The van der Waals surface area contributed by atoms with Crippen molar-refractivity contribution in [1.82, 2.24) is 9.55 Å². The van der Waals surface area contributed by atoms with Crippen LogP contribution in [0.15, 0.2) is 29.4 Å². The molecular weight excluding hydrogens is 321 g/mol. The van der Waals surface area contributed by atoms with E-state index in [1.54, 1.807) is 0 Å². The van der Waals surface area contributed by atoms with E-state index < -0.39 is 15.8 Å². The summed E-state index contributed by atoms with van der Waals surface area (Å²) >= 11 is 0. The first-order valence-electron chi connectivity index (χ1n) is 7.46. The van der Waals surface area contributed by atoms with Crippen LogP contribution in [-0.2, 0) is 23.0 Å². The molecule has 2 aromatic rings. The average molecular weight is 339 g/mol. The second-order valence-corrected chi connectivity index (χ2v) is 7.34. The van der Waals surface area contributed by atoms with Gasteiger partial charge in [0.25, 0.3) is 10.0 Å². The number of anilines is 1. The molecule has 124 valence electrons. The van der Waals surface area contributed by atoms with Crippen molar-refractivity contribution in [2.45, 2.75) is 37.8 Å². The number of sulfonamides is 1. The SMILES string of the molecule is CCc1nc(S(=O)(=O)Nc2cc(O)ccc2F)cn1CC1CC1. The third kappa shape index (κ3) is 3.47. The largest absolute Gasteiger partial charge is 0.508 e. The second kappa shape index (κ2) is 5.84. The first-order valence-corrected chi connectivity index (χ1v) is 8.94. The number of aromatic hydroxyl groups is 1. The number of phenols is 1. The van der Waals surface area contributed by atoms with E-state index in [1.807, 2.05) is 11.5 Å². The molecule has 1 heterocycles. The highest BCUT2D eigenvalue weighted by atomic mass is 32.2. The van der Waals surface area contributed by atoms with Crippen LogP contribution >= 0.6 is 0 Å². The van der Waals surface area contributed by atoms with E-state index in [2.05, 4.69) is 9.71 Å². The van der Waals surface area contributed by atoms with Crippen LogP contribution in [0.2, 0.25) is 0 Å². The van der Waals surface area contributed by atoms with E-state index >= 15 is 0 Å². The van der Waals surface area contributed by atoms with Gasteiger partial charge in [-0.25, -0.2) is 9.37 Å². The van der Waals surface area contributed by atoms with Crippen molar-refractivity contribution in [3.63, 3.8) is 0 Å². The number of imidazole rings is 1. The van der Waals surface area contributed by atoms with Crippen LogP contribution < -0.4 is 4.72 Å². The molecule has 1 fully saturated rings. The number of phenolic OH excluding ortho intramolecular Hbond substituents is 1. The highest BCUT2D eigenvalue weighted by Gasteiger charge is 2.26. The Hall–Kier alpha value is -2.09. The van der Waals surface area contributed by atoms with Gasteiger partial charge in [-0.1, -0.05) is 6.92 Å². The topological polar surface area (TPSA) is 84.2 Å². The smallest absolute Gasteiger partial charge is 0.281 e. The monoisotopic (exact) mass is 339 g/mol. The van der Waals surface area contributed by atoms with Gasteiger partial charge in [-0.05, 0) is 30.9 Å². The summed E-state index contributed by atoms with van der Waals surface area (Å²) in [7, 11) is -4.01. The number of halogens is 1. The molecule has 0 amide bonds. The Bertz CT molecular complexity index is 828. The van der Waals surface area contributed by atoms with Crippen LogP contribution in [0, 0.1) is 11.7 Å². The highest BCUT2D eigenvalue weighted by molar-refractivity contribution is 7.92. The number of nitrogens with zero attached hydrogens (tertiary/aromatic N) is 2. The number of aryl methyl sites for hydroxylation is 1. The molecule has 1 aliphatic carbocycles. The predicted octanol–water partition coefficient (Wildman–Crippen LogP) is 2.50. The van der Waals surface area contributed by atoms with Crippen LogP contribution in [0.3, 0.4) is 0 Å². The molecule has 1 saturated carbocycles. The lowest BCUT2D eigenvalue weighted by Crippen LogP contribution is -2.14. The van der Waals surface area contributed by atoms with Crippen molar-refractivity contribution < 1.29 is 17.9 Å². The summed E-state index contributed by atoms with van der Waals surface area (Å²) < 4.78 is 42.5. The maximum Gasteiger partial charge on any atom is 0.281 e. The van der Waals surface area contributed by atoms with Crippen molar-refractivity contribution in [2.75, 3.05) is 4.72 Å². The zero-order valence-electron chi connectivity index (χ0n) is 12.7. The molecule has 0 aliphatic heterocycles. The standard InChI is InChI=1S/C15H18FN3O3S/c1-2-14-17-15(9-19(14)8-10-3-4-10)23(21,22)18-13-7-11(20)5-6-12(13)16/h5-7,9-10,18,20H,2-4,8H2,1H3. The highest BCUT2D eigenvalue weighted by Crippen LogP contribution is 2.31. The van der Waals surface area contributed by atoms with Crippen molar-refractivity contribution in [1.29, 1.82) is 0 Å². The van der Waals surface area contributed by atoms with Gasteiger partial charge in [0, 0.05) is 25.2 Å². The van der Waals surface area contributed by atoms with Crippen LogP contribution in [0.25, 0.3) is 0 Å². The summed E-state index contributed by atoms with van der Waals surface area (Å²) in [5, 5.41) is 9.24. The van der Waals surface area contributed by atoms with Crippen LogP contribution in [0.5, 0.6) is 5.75 Å². The van der Waals surface area contributed by atoms with Crippen molar-refractivity contribution in [3.05, 3.63) is 36.0 Å². The Labute approximate surface area is 134 Å². The zero-order valence-corrected chi connectivity index (χ0v) is 13.5. The molecule has 1 aliphatic rings. The van der Waals surface area contributed by atoms with Gasteiger partial charge in [0.2, 0.25) is 0 Å². The Kier molecular flexibility index (Phi) is 4.01. The fourth-order valence-electron chi connectivity index (χ4n) is 2.36. The van der Waals surface area contributed by atoms with Gasteiger partial charge in [-0.3, -0.25) is 4.72 Å². The van der Waals surface area contributed by atoms with Gasteiger partial charge in [0.15, 0.2) is 5.03 Å². The molecule has 0 radical (unpaired) electrons. The van der Waals surface area contributed by atoms with E-state index in [4.69, 9.17) is 0 Å². The summed E-state index contributed by atoms with van der Waals surface area (Å²) in [6.45, 7) is 2.66. The van der Waals surface area contributed by atoms with E-state index in [0.717, 1.165) is 37.6 Å². The molecule has 0 spiro atoms. The maximum atomic E-state index is 13.7. The number of rotatable bonds is 6. The van der Waals surface area contributed by atoms with E-state index in [1.165, 1.54) is 6.20 Å².